The van der Waals surface area contributed by atoms with Crippen LogP contribution in [0.5, 0.6) is 0 Å². The van der Waals surface area contributed by atoms with Crippen molar-refractivity contribution in [3.05, 3.63) is 28.5 Å². The summed E-state index contributed by atoms with van der Waals surface area (Å²) in [5.74, 6) is -0.128. The van der Waals surface area contributed by atoms with Crippen molar-refractivity contribution in [3.8, 4) is 0 Å². The van der Waals surface area contributed by atoms with E-state index in [4.69, 9.17) is 0 Å². The summed E-state index contributed by atoms with van der Waals surface area (Å²) in [5.41, 5.74) is 0.767. The van der Waals surface area contributed by atoms with Crippen LogP contribution in [0.1, 0.15) is 0 Å². The van der Waals surface area contributed by atoms with E-state index in [0.29, 0.717) is 0 Å². The fourth-order valence-electron chi connectivity index (χ4n) is 0.808. The van der Waals surface area contributed by atoms with Crippen molar-refractivity contribution < 1.29 is 4.39 Å². The van der Waals surface area contributed by atoms with Gasteiger partial charge in [0.25, 0.3) is 0 Å². The molecule has 0 aromatic heterocycles. The van der Waals surface area contributed by atoms with Gasteiger partial charge in [0.15, 0.2) is 7.28 Å². The van der Waals surface area contributed by atoms with Gasteiger partial charge in [-0.05, 0) is 17.6 Å². The average Bonchev–Trinajstić information content (AvgIpc) is 1.88. The van der Waals surface area contributed by atoms with Crippen molar-refractivity contribution in [3.63, 3.8) is 0 Å². The molecule has 1 aromatic carbocycles. The van der Waals surface area contributed by atoms with E-state index in [9.17, 15) is 4.39 Å². The lowest BCUT2D eigenvalue weighted by atomic mass is 9.73. The van der Waals surface area contributed by atoms with Gasteiger partial charge in [0.05, 0.1) is 0 Å². The molecule has 0 amide bonds. The van der Waals surface area contributed by atoms with E-state index in [1.807, 2.05) is 12.9 Å². The highest BCUT2D eigenvalue weighted by atomic mass is 79.9. The minimum Gasteiger partial charge on any atom is -0.208 e. The molecule has 0 unspecified atom stereocenters. The number of hydrogen-bond acceptors (Lipinski definition) is 0. The molecular formula is C7H7BBrF. The minimum atomic E-state index is -0.128. The summed E-state index contributed by atoms with van der Waals surface area (Å²) in [6.07, 6.45) is 0. The zero-order valence-electron chi connectivity index (χ0n) is 5.70. The monoisotopic (exact) mass is 200 g/mol. The van der Waals surface area contributed by atoms with E-state index in [1.54, 1.807) is 6.07 Å². The highest BCUT2D eigenvalue weighted by Gasteiger charge is 1.98. The van der Waals surface area contributed by atoms with Gasteiger partial charge in [0.2, 0.25) is 0 Å². The second-order valence-corrected chi connectivity index (χ2v) is 3.00. The van der Waals surface area contributed by atoms with Gasteiger partial charge in [-0.15, -0.1) is 0 Å². The van der Waals surface area contributed by atoms with Crippen LogP contribution in [0.15, 0.2) is 22.7 Å². The van der Waals surface area contributed by atoms with Crippen molar-refractivity contribution >= 4 is 28.7 Å². The first-order chi connectivity index (χ1) is 4.74. The second-order valence-electron chi connectivity index (χ2n) is 2.09. The molecule has 0 saturated heterocycles. The summed E-state index contributed by atoms with van der Waals surface area (Å²) < 4.78 is 13.6. The predicted octanol–water partition coefficient (Wildman–Crippen LogP) is 1.70. The van der Waals surface area contributed by atoms with Gasteiger partial charge in [-0.1, -0.05) is 28.8 Å². The highest BCUT2D eigenvalue weighted by molar-refractivity contribution is 9.10. The molecule has 0 atom stereocenters. The molecule has 0 spiro atoms. The van der Waals surface area contributed by atoms with Gasteiger partial charge in [-0.25, -0.2) is 4.39 Å². The maximum atomic E-state index is 12.8. The Labute approximate surface area is 68.8 Å². The van der Waals surface area contributed by atoms with Gasteiger partial charge in [-0.3, -0.25) is 0 Å². The molecule has 0 aliphatic carbocycles. The topological polar surface area (TPSA) is 0 Å². The van der Waals surface area contributed by atoms with Crippen molar-refractivity contribution in [2.45, 2.75) is 6.82 Å². The van der Waals surface area contributed by atoms with Crippen molar-refractivity contribution in [2.75, 3.05) is 0 Å². The summed E-state index contributed by atoms with van der Waals surface area (Å²) in [7, 11) is 0.749. The summed E-state index contributed by atoms with van der Waals surface area (Å²) >= 11 is 3.19. The average molecular weight is 201 g/mol. The van der Waals surface area contributed by atoms with E-state index in [2.05, 4.69) is 15.9 Å². The number of hydrogen-bond donors (Lipinski definition) is 0. The zero-order valence-corrected chi connectivity index (χ0v) is 7.28. The second kappa shape index (κ2) is 3.19. The summed E-state index contributed by atoms with van der Waals surface area (Å²) in [5, 5.41) is 0. The van der Waals surface area contributed by atoms with E-state index in [1.165, 1.54) is 6.07 Å². The van der Waals surface area contributed by atoms with Crippen LogP contribution in [0.4, 0.5) is 4.39 Å². The van der Waals surface area contributed by atoms with Gasteiger partial charge in [-0.2, -0.15) is 0 Å². The lowest BCUT2D eigenvalue weighted by molar-refractivity contribution is 0.635. The summed E-state index contributed by atoms with van der Waals surface area (Å²) in [6, 6.07) is 5.13. The third-order valence-electron chi connectivity index (χ3n) is 1.40. The molecule has 0 radical (unpaired) electrons. The maximum absolute atomic E-state index is 12.8. The van der Waals surface area contributed by atoms with Gasteiger partial charge in [0.1, 0.15) is 5.82 Å². The lowest BCUT2D eigenvalue weighted by Crippen LogP contribution is -2.14. The molecule has 3 heteroatoms. The molecule has 0 bridgehead atoms. The molecule has 1 aromatic rings. The molecule has 0 nitrogen and oxygen atoms in total. The standard InChI is InChI=1S/C7H7BBrF/c1-8-6-3-2-5(9)4-7(6)10/h2-4,8H,1H3. The smallest absolute Gasteiger partial charge is 0.158 e. The van der Waals surface area contributed by atoms with Crippen LogP contribution in [0.3, 0.4) is 0 Å². The summed E-state index contributed by atoms with van der Waals surface area (Å²) in [6.45, 7) is 1.94. The Kier molecular flexibility index (Phi) is 2.49. The Morgan fingerprint density at radius 2 is 2.20 bits per heavy atom. The molecule has 0 N–H and O–H groups in total. The maximum Gasteiger partial charge on any atom is 0.158 e. The third kappa shape index (κ3) is 1.60. The Bertz CT molecular complexity index is 237. The van der Waals surface area contributed by atoms with Crippen molar-refractivity contribution in [1.29, 1.82) is 0 Å². The van der Waals surface area contributed by atoms with Gasteiger partial charge in [0, 0.05) is 4.47 Å². The summed E-state index contributed by atoms with van der Waals surface area (Å²) in [4.78, 5) is 0. The Morgan fingerprint density at radius 1 is 1.50 bits per heavy atom. The van der Waals surface area contributed by atoms with Gasteiger partial charge >= 0.3 is 0 Å². The molecule has 0 fully saturated rings. The molecule has 0 aliphatic heterocycles. The molecule has 0 heterocycles. The quantitative estimate of drug-likeness (QED) is 0.606. The number of benzene rings is 1. The molecular weight excluding hydrogens is 194 g/mol. The van der Waals surface area contributed by atoms with Crippen molar-refractivity contribution in [2.24, 2.45) is 0 Å². The molecule has 10 heavy (non-hydrogen) atoms. The third-order valence-corrected chi connectivity index (χ3v) is 1.89. The number of rotatable bonds is 1. The SMILES string of the molecule is CBc1ccc(Br)cc1F. The molecule has 1 rings (SSSR count). The zero-order chi connectivity index (χ0) is 7.56. The first kappa shape index (κ1) is 7.80. The van der Waals surface area contributed by atoms with Crippen LogP contribution in [0.2, 0.25) is 6.82 Å². The first-order valence-corrected chi connectivity index (χ1v) is 3.97. The van der Waals surface area contributed by atoms with Crippen LogP contribution >= 0.6 is 15.9 Å². The minimum absolute atomic E-state index is 0.128. The van der Waals surface area contributed by atoms with Crippen LogP contribution in [0.25, 0.3) is 0 Å². The van der Waals surface area contributed by atoms with E-state index in [-0.39, 0.29) is 5.82 Å². The normalized spacial score (nSPS) is 9.50. The van der Waals surface area contributed by atoms with E-state index < -0.39 is 0 Å². The Morgan fingerprint density at radius 3 is 2.70 bits per heavy atom. The lowest BCUT2D eigenvalue weighted by Gasteiger charge is -1.97. The Balaban J connectivity index is 3.07. The molecule has 52 valence electrons. The highest BCUT2D eigenvalue weighted by Crippen LogP contribution is 2.08. The molecule has 0 aliphatic rings. The van der Waals surface area contributed by atoms with E-state index >= 15 is 0 Å². The molecule has 0 saturated carbocycles. The largest absolute Gasteiger partial charge is 0.208 e. The van der Waals surface area contributed by atoms with Gasteiger partial charge < -0.3 is 0 Å². The van der Waals surface area contributed by atoms with Crippen LogP contribution in [0, 0.1) is 5.82 Å². The van der Waals surface area contributed by atoms with Crippen LogP contribution < -0.4 is 5.46 Å². The number of halogens is 2. The predicted molar refractivity (Wildman–Crippen MR) is 46.7 cm³/mol. The van der Waals surface area contributed by atoms with Crippen LogP contribution in [-0.2, 0) is 0 Å². The Hall–Kier alpha value is -0.305. The van der Waals surface area contributed by atoms with Crippen LogP contribution in [-0.4, -0.2) is 7.28 Å². The van der Waals surface area contributed by atoms with Crippen molar-refractivity contribution in [1.82, 2.24) is 0 Å². The fraction of sp³-hybridized carbons (Fsp3) is 0.143. The van der Waals surface area contributed by atoms with E-state index in [0.717, 1.165) is 17.2 Å². The first-order valence-electron chi connectivity index (χ1n) is 3.18. The fourth-order valence-corrected chi connectivity index (χ4v) is 1.14.